The Morgan fingerprint density at radius 1 is 1.15 bits per heavy atom. The van der Waals surface area contributed by atoms with Gasteiger partial charge in [0, 0.05) is 16.7 Å². The molecular weight excluding hydrogens is 462 g/mol. The van der Waals surface area contributed by atoms with Crippen molar-refractivity contribution in [2.24, 2.45) is 0 Å². The molecule has 1 unspecified atom stereocenters. The lowest BCUT2D eigenvalue weighted by molar-refractivity contribution is 0.360. The van der Waals surface area contributed by atoms with Crippen LogP contribution in [0.2, 0.25) is 0 Å². The molecule has 0 fully saturated rings. The first-order valence-corrected chi connectivity index (χ1v) is 12.7. The van der Waals surface area contributed by atoms with Gasteiger partial charge < -0.3 is 10.1 Å². The minimum Gasteiger partial charge on any atom is -0.481 e. The SMILES string of the molecule is COc1nc2nc(C)nc(N[C@H](C)c3cccc(C(C)F)c3F)c2cc1C1=CCS(=O)(=O)CC1. The summed E-state index contributed by atoms with van der Waals surface area (Å²) in [6.45, 7) is 4.78. The molecule has 0 aliphatic carbocycles. The van der Waals surface area contributed by atoms with Crippen LogP contribution in [-0.2, 0) is 9.84 Å². The molecule has 180 valence electrons. The predicted octanol–water partition coefficient (Wildman–Crippen LogP) is 4.89. The van der Waals surface area contributed by atoms with E-state index in [1.165, 1.54) is 20.1 Å². The number of sulfone groups is 1. The average Bonchev–Trinajstić information content (AvgIpc) is 2.78. The summed E-state index contributed by atoms with van der Waals surface area (Å²) in [6, 6.07) is 5.95. The van der Waals surface area contributed by atoms with Crippen LogP contribution < -0.4 is 10.1 Å². The van der Waals surface area contributed by atoms with E-state index in [0.29, 0.717) is 46.1 Å². The van der Waals surface area contributed by atoms with Crippen LogP contribution in [0.3, 0.4) is 0 Å². The molecule has 0 amide bonds. The van der Waals surface area contributed by atoms with Crippen LogP contribution in [0, 0.1) is 12.7 Å². The molecule has 1 aromatic carbocycles. The van der Waals surface area contributed by atoms with Crippen LogP contribution in [0.4, 0.5) is 14.6 Å². The molecule has 0 radical (unpaired) electrons. The molecule has 1 N–H and O–H groups in total. The van der Waals surface area contributed by atoms with Crippen LogP contribution in [0.25, 0.3) is 16.6 Å². The Hall–Kier alpha value is -3.14. The summed E-state index contributed by atoms with van der Waals surface area (Å²) in [4.78, 5) is 13.4. The van der Waals surface area contributed by atoms with Gasteiger partial charge in [-0.1, -0.05) is 24.3 Å². The Bertz CT molecular complexity index is 1390. The molecule has 10 heteroatoms. The van der Waals surface area contributed by atoms with E-state index in [9.17, 15) is 17.2 Å². The summed E-state index contributed by atoms with van der Waals surface area (Å²) in [5.74, 6) is 0.647. The molecule has 0 bridgehead atoms. The standard InChI is InChI=1S/C24H26F2N4O3S/c1-13(25)17-6-5-7-18(21(17)26)14(2)27-22-20-12-19(16-8-10-34(31,32)11-9-16)24(33-4)30-23(20)29-15(3)28-22/h5-8,12-14H,9-11H2,1-4H3,(H,27,28,29,30)/t13?,14-/m1/s1. The number of aryl methyl sites for hydroxylation is 1. The summed E-state index contributed by atoms with van der Waals surface area (Å²) in [7, 11) is -1.60. The molecule has 0 saturated carbocycles. The molecule has 0 spiro atoms. The van der Waals surface area contributed by atoms with Gasteiger partial charge in [-0.05, 0) is 38.8 Å². The first kappa shape index (κ1) is 24.0. The highest BCUT2D eigenvalue weighted by Crippen LogP contribution is 2.35. The van der Waals surface area contributed by atoms with Gasteiger partial charge in [-0.25, -0.2) is 27.2 Å². The van der Waals surface area contributed by atoms with E-state index < -0.39 is 27.9 Å². The Balaban J connectivity index is 1.79. The second-order valence-corrected chi connectivity index (χ2v) is 10.6. The highest BCUT2D eigenvalue weighted by molar-refractivity contribution is 7.91. The number of ether oxygens (including phenoxy) is 1. The van der Waals surface area contributed by atoms with E-state index in [1.54, 1.807) is 32.1 Å². The van der Waals surface area contributed by atoms with E-state index in [4.69, 9.17) is 4.74 Å². The number of hydrogen-bond acceptors (Lipinski definition) is 7. The number of allylic oxidation sites excluding steroid dienone is 1. The predicted molar refractivity (Wildman–Crippen MR) is 128 cm³/mol. The van der Waals surface area contributed by atoms with Gasteiger partial charge in [0.1, 0.15) is 23.6 Å². The van der Waals surface area contributed by atoms with Crippen molar-refractivity contribution in [1.29, 1.82) is 0 Å². The molecule has 2 atom stereocenters. The van der Waals surface area contributed by atoms with Crippen molar-refractivity contribution in [2.75, 3.05) is 23.9 Å². The van der Waals surface area contributed by atoms with Gasteiger partial charge in [0.25, 0.3) is 0 Å². The van der Waals surface area contributed by atoms with E-state index >= 15 is 0 Å². The lowest BCUT2D eigenvalue weighted by Gasteiger charge is -2.20. The largest absolute Gasteiger partial charge is 0.481 e. The summed E-state index contributed by atoms with van der Waals surface area (Å²) < 4.78 is 58.0. The number of rotatable bonds is 6. The number of alkyl halides is 1. The van der Waals surface area contributed by atoms with Crippen LogP contribution in [-0.4, -0.2) is 42.0 Å². The van der Waals surface area contributed by atoms with Gasteiger partial charge in [-0.3, -0.25) is 0 Å². The molecule has 7 nitrogen and oxygen atoms in total. The molecule has 3 aromatic rings. The molecule has 34 heavy (non-hydrogen) atoms. The highest BCUT2D eigenvalue weighted by atomic mass is 32.2. The summed E-state index contributed by atoms with van der Waals surface area (Å²) in [5, 5.41) is 3.80. The number of fused-ring (bicyclic) bond motifs is 1. The maximum Gasteiger partial charge on any atom is 0.222 e. The number of halogens is 2. The molecule has 4 rings (SSSR count). The van der Waals surface area contributed by atoms with Crippen molar-refractivity contribution in [3.63, 3.8) is 0 Å². The van der Waals surface area contributed by atoms with Gasteiger partial charge in [0.05, 0.1) is 30.0 Å². The van der Waals surface area contributed by atoms with Crippen molar-refractivity contribution in [1.82, 2.24) is 15.0 Å². The van der Waals surface area contributed by atoms with Crippen molar-refractivity contribution in [2.45, 2.75) is 39.4 Å². The highest BCUT2D eigenvalue weighted by Gasteiger charge is 2.23. The normalized spacial score (nSPS) is 17.2. The fraction of sp³-hybridized carbons (Fsp3) is 0.375. The number of pyridine rings is 1. The third kappa shape index (κ3) is 4.72. The van der Waals surface area contributed by atoms with Gasteiger partial charge in [0.2, 0.25) is 5.88 Å². The summed E-state index contributed by atoms with van der Waals surface area (Å²) in [5.41, 5.74) is 2.18. The quantitative estimate of drug-likeness (QED) is 0.528. The topological polar surface area (TPSA) is 94.1 Å². The van der Waals surface area contributed by atoms with Gasteiger partial charge in [-0.2, -0.15) is 4.98 Å². The Morgan fingerprint density at radius 2 is 1.88 bits per heavy atom. The Morgan fingerprint density at radius 3 is 2.53 bits per heavy atom. The number of benzene rings is 1. The van der Waals surface area contributed by atoms with Crippen LogP contribution in [0.5, 0.6) is 5.88 Å². The zero-order valence-electron chi connectivity index (χ0n) is 19.4. The summed E-state index contributed by atoms with van der Waals surface area (Å²) in [6.07, 6.45) is 0.589. The minimum absolute atomic E-state index is 0.00255. The number of nitrogens with zero attached hydrogens (tertiary/aromatic N) is 3. The number of anilines is 1. The van der Waals surface area contributed by atoms with E-state index in [0.717, 1.165) is 5.57 Å². The number of aromatic nitrogens is 3. The smallest absolute Gasteiger partial charge is 0.222 e. The first-order chi connectivity index (χ1) is 16.1. The zero-order valence-corrected chi connectivity index (χ0v) is 20.2. The van der Waals surface area contributed by atoms with E-state index in [2.05, 4.69) is 20.3 Å². The lowest BCUT2D eigenvalue weighted by atomic mass is 10.0. The van der Waals surface area contributed by atoms with E-state index in [1.807, 2.05) is 6.07 Å². The Kier molecular flexibility index (Phi) is 6.53. The van der Waals surface area contributed by atoms with Crippen molar-refractivity contribution in [3.05, 3.63) is 58.7 Å². The molecule has 3 heterocycles. The van der Waals surface area contributed by atoms with Crippen LogP contribution in [0.15, 0.2) is 30.3 Å². The minimum atomic E-state index is -3.10. The van der Waals surface area contributed by atoms with Crippen LogP contribution in [0.1, 0.15) is 55.0 Å². The fourth-order valence-electron chi connectivity index (χ4n) is 4.06. The van der Waals surface area contributed by atoms with E-state index in [-0.39, 0.29) is 17.1 Å². The van der Waals surface area contributed by atoms with Crippen molar-refractivity contribution >= 4 is 32.3 Å². The Labute approximate surface area is 197 Å². The molecule has 1 aliphatic heterocycles. The van der Waals surface area contributed by atoms with Gasteiger partial charge in [-0.15, -0.1) is 0 Å². The average molecular weight is 489 g/mol. The van der Waals surface area contributed by atoms with Gasteiger partial charge >= 0.3 is 0 Å². The monoisotopic (exact) mass is 488 g/mol. The molecule has 2 aromatic heterocycles. The second-order valence-electron chi connectivity index (χ2n) is 8.36. The second kappa shape index (κ2) is 9.25. The van der Waals surface area contributed by atoms with Gasteiger partial charge in [0.15, 0.2) is 15.5 Å². The van der Waals surface area contributed by atoms with Crippen molar-refractivity contribution in [3.8, 4) is 5.88 Å². The maximum absolute atomic E-state index is 14.9. The molecule has 0 saturated heterocycles. The third-order valence-electron chi connectivity index (χ3n) is 5.88. The maximum atomic E-state index is 14.9. The molecular formula is C24H26F2N4O3S. The zero-order chi connectivity index (χ0) is 24.6. The fourth-order valence-corrected chi connectivity index (χ4v) is 5.21. The number of methoxy groups -OCH3 is 1. The van der Waals surface area contributed by atoms with Crippen molar-refractivity contribution < 1.29 is 21.9 Å². The molecule has 1 aliphatic rings. The van der Waals surface area contributed by atoms with Crippen LogP contribution >= 0.6 is 0 Å². The number of nitrogens with one attached hydrogen (secondary N) is 1. The summed E-state index contributed by atoms with van der Waals surface area (Å²) >= 11 is 0. The number of hydrogen-bond donors (Lipinski definition) is 1. The third-order valence-corrected chi connectivity index (χ3v) is 7.38. The first-order valence-electron chi connectivity index (χ1n) is 10.9. The lowest BCUT2D eigenvalue weighted by Crippen LogP contribution is -2.16.